The number of β-amino-alcohol motifs (C(OH)–C–C–N with tert-alkyl or cyclic N) is 2. The lowest BCUT2D eigenvalue weighted by atomic mass is 10.1. The third-order valence-corrected chi connectivity index (χ3v) is 7.02. The van der Waals surface area contributed by atoms with E-state index in [2.05, 4.69) is 25.5 Å². The molecule has 0 saturated carbocycles. The number of aromatic nitrogens is 6. The Bertz CT molecular complexity index is 1900. The van der Waals surface area contributed by atoms with Gasteiger partial charge in [0.15, 0.2) is 11.6 Å². The van der Waals surface area contributed by atoms with Crippen LogP contribution in [0.1, 0.15) is 22.3 Å². The van der Waals surface area contributed by atoms with Crippen molar-refractivity contribution < 1.29 is 51.3 Å². The van der Waals surface area contributed by atoms with Crippen LogP contribution >= 0.6 is 12.4 Å². The van der Waals surface area contributed by atoms with Crippen molar-refractivity contribution in [3.05, 3.63) is 83.5 Å². The summed E-state index contributed by atoms with van der Waals surface area (Å²) in [4.78, 5) is 31.4. The fourth-order valence-corrected chi connectivity index (χ4v) is 4.40. The SMILES string of the molecule is Cc1cc(-c2ncn(/C=C\C(=O)N3CC(O)C3)n2)cc(C(F)(F)F)c1.Cc1cc(-c2ncn(/C=C\C(=O)O)n2)cc(C(F)(F)F)c1.Cl.OC1CNC1. The van der Waals surface area contributed by atoms with Gasteiger partial charge >= 0.3 is 18.3 Å². The van der Waals surface area contributed by atoms with Crippen LogP contribution in [0.2, 0.25) is 0 Å². The van der Waals surface area contributed by atoms with Crippen LogP contribution in [-0.4, -0.2) is 100 Å². The number of aliphatic hydroxyl groups excluding tert-OH is 2. The molecule has 0 spiro atoms. The van der Waals surface area contributed by atoms with Crippen molar-refractivity contribution in [3.8, 4) is 22.8 Å². The van der Waals surface area contributed by atoms with E-state index < -0.39 is 35.6 Å². The number of hydrogen-bond donors (Lipinski definition) is 4. The largest absolute Gasteiger partial charge is 0.478 e. The molecular formula is C32H33ClF6N8O5. The van der Waals surface area contributed by atoms with Gasteiger partial charge in [0.1, 0.15) is 12.7 Å². The molecule has 2 aromatic carbocycles. The molecule has 0 bridgehead atoms. The maximum Gasteiger partial charge on any atom is 0.416 e. The summed E-state index contributed by atoms with van der Waals surface area (Å²) < 4.78 is 79.3. The zero-order chi connectivity index (χ0) is 37.5. The molecule has 4 heterocycles. The number of benzene rings is 2. The lowest BCUT2D eigenvalue weighted by molar-refractivity contribution is -0.138. The van der Waals surface area contributed by atoms with Crippen LogP contribution in [0, 0.1) is 13.8 Å². The Labute approximate surface area is 298 Å². The molecule has 20 heteroatoms. The van der Waals surface area contributed by atoms with Crippen molar-refractivity contribution in [3.63, 3.8) is 0 Å². The molecule has 0 aliphatic carbocycles. The summed E-state index contributed by atoms with van der Waals surface area (Å²) in [5.74, 6) is -1.23. The van der Waals surface area contributed by atoms with Crippen LogP contribution < -0.4 is 5.32 Å². The average molecular weight is 759 g/mol. The van der Waals surface area contributed by atoms with Crippen molar-refractivity contribution in [1.82, 2.24) is 39.7 Å². The lowest BCUT2D eigenvalue weighted by Crippen LogP contribution is -2.52. The Morgan fingerprint density at radius 3 is 1.52 bits per heavy atom. The van der Waals surface area contributed by atoms with E-state index in [9.17, 15) is 35.9 Å². The third kappa shape index (κ3) is 12.0. The number of likely N-dealkylation sites (tertiary alicyclic amines) is 1. The summed E-state index contributed by atoms with van der Waals surface area (Å²) in [5, 5.41) is 36.9. The normalized spacial score (nSPS) is 14.8. The smallest absolute Gasteiger partial charge is 0.416 e. The summed E-state index contributed by atoms with van der Waals surface area (Å²) in [6, 6.07) is 7.11. The molecule has 6 rings (SSSR count). The molecule has 2 aliphatic rings. The predicted molar refractivity (Wildman–Crippen MR) is 177 cm³/mol. The van der Waals surface area contributed by atoms with Crippen LogP contribution in [0.25, 0.3) is 35.2 Å². The van der Waals surface area contributed by atoms with Gasteiger partial charge in [-0.2, -0.15) is 26.3 Å². The highest BCUT2D eigenvalue weighted by molar-refractivity contribution is 5.90. The van der Waals surface area contributed by atoms with Gasteiger partial charge in [-0.05, 0) is 61.4 Å². The number of aliphatic carboxylic acids is 1. The summed E-state index contributed by atoms with van der Waals surface area (Å²) >= 11 is 0. The number of rotatable bonds is 6. The number of alkyl halides is 6. The monoisotopic (exact) mass is 758 g/mol. The zero-order valence-electron chi connectivity index (χ0n) is 27.4. The van der Waals surface area contributed by atoms with Crippen molar-refractivity contribution >= 4 is 36.7 Å². The maximum absolute atomic E-state index is 12.9. The van der Waals surface area contributed by atoms with Gasteiger partial charge in [-0.3, -0.25) is 4.79 Å². The number of carboxylic acid groups (broad SMARTS) is 1. The number of aryl methyl sites for hydroxylation is 2. The van der Waals surface area contributed by atoms with Gasteiger partial charge in [0, 0.05) is 61.9 Å². The topological polar surface area (TPSA) is 172 Å². The van der Waals surface area contributed by atoms with E-state index in [1.54, 1.807) is 19.9 Å². The molecule has 2 fully saturated rings. The Kier molecular flexibility index (Phi) is 13.8. The number of carbonyl (C=O) groups is 2. The van der Waals surface area contributed by atoms with Gasteiger partial charge in [-0.15, -0.1) is 22.6 Å². The summed E-state index contributed by atoms with van der Waals surface area (Å²) in [5.41, 5.74) is -0.210. The van der Waals surface area contributed by atoms with Crippen molar-refractivity contribution in [2.24, 2.45) is 0 Å². The van der Waals surface area contributed by atoms with Crippen LogP contribution in [0.4, 0.5) is 26.3 Å². The standard InChI is InChI=1S/C16H15F3N4O2.C13H10F3N3O2.C3H7NO.ClH/c1-10-4-11(6-12(5-10)16(17,18)19)15-20-9-23(21-15)3-2-14(25)22-7-13(24)8-22;1-8-4-9(6-10(5-8)13(14,15)16)12-17-7-19(18-12)3-2-11(20)21;5-3-1-4-2-3;/h2-6,9,13,24H,7-8H2,1H3;2-7H,1H3,(H,20,21);3-5H,1-2H2;1H/b2*3-2-;;. The van der Waals surface area contributed by atoms with E-state index in [4.69, 9.17) is 15.3 Å². The van der Waals surface area contributed by atoms with Gasteiger partial charge in [-0.1, -0.05) is 0 Å². The van der Waals surface area contributed by atoms with E-state index in [0.717, 1.165) is 54.3 Å². The molecule has 52 heavy (non-hydrogen) atoms. The van der Waals surface area contributed by atoms with Gasteiger partial charge in [0.05, 0.1) is 23.3 Å². The lowest BCUT2D eigenvalue weighted by Gasteiger charge is -2.34. The molecule has 1 amide bonds. The van der Waals surface area contributed by atoms with Crippen molar-refractivity contribution in [2.45, 2.75) is 38.4 Å². The molecule has 0 atom stereocenters. The second-order valence-electron chi connectivity index (χ2n) is 11.4. The van der Waals surface area contributed by atoms with Crippen LogP contribution in [0.3, 0.4) is 0 Å². The van der Waals surface area contributed by atoms with E-state index in [1.165, 1.54) is 40.6 Å². The van der Waals surface area contributed by atoms with Gasteiger partial charge < -0.3 is 25.5 Å². The number of nitrogens with one attached hydrogen (secondary N) is 1. The summed E-state index contributed by atoms with van der Waals surface area (Å²) in [6.07, 6.45) is -2.30. The molecule has 2 saturated heterocycles. The summed E-state index contributed by atoms with van der Waals surface area (Å²) in [7, 11) is 0. The van der Waals surface area contributed by atoms with Gasteiger partial charge in [0.25, 0.3) is 0 Å². The fraction of sp³-hybridized carbons (Fsp3) is 0.312. The molecule has 280 valence electrons. The molecular weight excluding hydrogens is 726 g/mol. The first-order valence-corrected chi connectivity index (χ1v) is 15.0. The first kappa shape index (κ1) is 41.3. The quantitative estimate of drug-likeness (QED) is 0.166. The first-order valence-electron chi connectivity index (χ1n) is 15.0. The molecule has 0 radical (unpaired) electrons. The van der Waals surface area contributed by atoms with Crippen LogP contribution in [0.5, 0.6) is 0 Å². The number of amides is 1. The molecule has 2 aromatic heterocycles. The highest BCUT2D eigenvalue weighted by atomic mass is 35.5. The second kappa shape index (κ2) is 17.4. The molecule has 4 N–H and O–H groups in total. The van der Waals surface area contributed by atoms with E-state index in [-0.39, 0.29) is 60.3 Å². The van der Waals surface area contributed by atoms with Crippen LogP contribution in [0.15, 0.2) is 61.2 Å². The summed E-state index contributed by atoms with van der Waals surface area (Å²) in [6.45, 7) is 5.26. The van der Waals surface area contributed by atoms with E-state index in [0.29, 0.717) is 11.1 Å². The molecule has 13 nitrogen and oxygen atoms in total. The van der Waals surface area contributed by atoms with E-state index in [1.807, 2.05) is 0 Å². The molecule has 2 aliphatic heterocycles. The number of hydrogen-bond acceptors (Lipinski definition) is 9. The molecule has 4 aromatic rings. The average Bonchev–Trinajstić information content (AvgIpc) is 3.70. The fourth-order valence-electron chi connectivity index (χ4n) is 4.40. The minimum Gasteiger partial charge on any atom is -0.478 e. The van der Waals surface area contributed by atoms with E-state index >= 15 is 0 Å². The van der Waals surface area contributed by atoms with Gasteiger partial charge in [-0.25, -0.2) is 24.1 Å². The number of nitrogens with zero attached hydrogens (tertiary/aromatic N) is 7. The second-order valence-corrected chi connectivity index (χ2v) is 11.4. The first-order chi connectivity index (χ1) is 23.9. The van der Waals surface area contributed by atoms with Crippen molar-refractivity contribution in [1.29, 1.82) is 0 Å². The minimum atomic E-state index is -4.45. The number of halogens is 7. The highest BCUT2D eigenvalue weighted by Gasteiger charge is 2.32. The van der Waals surface area contributed by atoms with Gasteiger partial charge in [0.2, 0.25) is 5.91 Å². The number of carbonyl (C=O) groups excluding carboxylic acids is 1. The molecule has 0 unspecified atom stereocenters. The van der Waals surface area contributed by atoms with Crippen LogP contribution in [-0.2, 0) is 21.9 Å². The Morgan fingerprint density at radius 1 is 0.750 bits per heavy atom. The van der Waals surface area contributed by atoms with Crippen molar-refractivity contribution in [2.75, 3.05) is 26.2 Å². The maximum atomic E-state index is 12.9. The highest BCUT2D eigenvalue weighted by Crippen LogP contribution is 2.33. The zero-order valence-corrected chi connectivity index (χ0v) is 28.2. The number of aliphatic hydroxyl groups is 2. The Hall–Kier alpha value is -5.11. The number of carboxylic acids is 1. The predicted octanol–water partition coefficient (Wildman–Crippen LogP) is 4.15. The third-order valence-electron chi connectivity index (χ3n) is 7.02. The Balaban J connectivity index is 0.000000245. The minimum absolute atomic E-state index is 0. The Morgan fingerprint density at radius 2 is 1.17 bits per heavy atom.